The molecule has 0 aromatic heterocycles. The lowest BCUT2D eigenvalue weighted by Crippen LogP contribution is -2.29. The zero-order valence-electron chi connectivity index (χ0n) is 18.8. The smallest absolute Gasteiger partial charge is 0.295 e. The summed E-state index contributed by atoms with van der Waals surface area (Å²) >= 11 is 0. The highest BCUT2D eigenvalue weighted by atomic mass is 19.1. The van der Waals surface area contributed by atoms with Crippen molar-refractivity contribution in [2.75, 3.05) is 13.7 Å². The number of likely N-dealkylation sites (tertiary alicyclic amines) is 1. The maximum atomic E-state index is 13.4. The van der Waals surface area contributed by atoms with Gasteiger partial charge >= 0.3 is 0 Å². The molecule has 1 amide bonds. The molecule has 7 heteroatoms. The van der Waals surface area contributed by atoms with E-state index in [0.717, 1.165) is 5.56 Å². The molecule has 0 radical (unpaired) electrons. The summed E-state index contributed by atoms with van der Waals surface area (Å²) in [6.07, 6.45) is 0. The van der Waals surface area contributed by atoms with Crippen LogP contribution in [-0.4, -0.2) is 35.4 Å². The van der Waals surface area contributed by atoms with Gasteiger partial charge in [0, 0.05) is 12.1 Å². The fourth-order valence-electron chi connectivity index (χ4n) is 4.02. The Hall–Kier alpha value is -4.13. The van der Waals surface area contributed by atoms with Gasteiger partial charge in [-0.25, -0.2) is 4.39 Å². The third kappa shape index (κ3) is 4.50. The van der Waals surface area contributed by atoms with E-state index in [0.29, 0.717) is 23.7 Å². The molecule has 1 atom stereocenters. The summed E-state index contributed by atoms with van der Waals surface area (Å²) in [5.41, 5.74) is 1.59. The van der Waals surface area contributed by atoms with Gasteiger partial charge < -0.3 is 19.5 Å². The molecular formula is C27H24FNO5. The van der Waals surface area contributed by atoms with E-state index in [2.05, 4.69) is 0 Å². The highest BCUT2D eigenvalue weighted by molar-refractivity contribution is 6.46. The molecule has 0 bridgehead atoms. The normalized spacial score (nSPS) is 17.1. The summed E-state index contributed by atoms with van der Waals surface area (Å²) in [5.74, 6) is -1.12. The molecule has 1 aliphatic rings. The summed E-state index contributed by atoms with van der Waals surface area (Å²) in [6.45, 7) is 2.44. The van der Waals surface area contributed by atoms with Gasteiger partial charge in [-0.2, -0.15) is 0 Å². The first-order valence-electron chi connectivity index (χ1n) is 10.8. The summed E-state index contributed by atoms with van der Waals surface area (Å²) in [5, 5.41) is 11.1. The van der Waals surface area contributed by atoms with E-state index < -0.39 is 23.5 Å². The van der Waals surface area contributed by atoms with Gasteiger partial charge in [0.2, 0.25) is 0 Å². The van der Waals surface area contributed by atoms with Crippen LogP contribution in [0.2, 0.25) is 0 Å². The summed E-state index contributed by atoms with van der Waals surface area (Å²) in [7, 11) is 1.56. The topological polar surface area (TPSA) is 76.1 Å². The summed E-state index contributed by atoms with van der Waals surface area (Å²) in [6, 6.07) is 18.5. The summed E-state index contributed by atoms with van der Waals surface area (Å²) in [4.78, 5) is 27.7. The number of carbonyl (C=O) groups excluding carboxylic acids is 2. The maximum Gasteiger partial charge on any atom is 0.295 e. The Morgan fingerprint density at radius 3 is 2.35 bits per heavy atom. The number of hydrogen-bond donors (Lipinski definition) is 1. The molecule has 0 spiro atoms. The Kier molecular flexibility index (Phi) is 6.63. The van der Waals surface area contributed by atoms with Crippen LogP contribution in [0.1, 0.15) is 29.7 Å². The Bertz CT molecular complexity index is 1230. The molecule has 6 nitrogen and oxygen atoms in total. The number of carbonyl (C=O) groups is 2. The Balaban J connectivity index is 1.83. The number of hydrogen-bond acceptors (Lipinski definition) is 5. The molecule has 34 heavy (non-hydrogen) atoms. The minimum atomic E-state index is -0.854. The van der Waals surface area contributed by atoms with Crippen molar-refractivity contribution >= 4 is 17.4 Å². The van der Waals surface area contributed by atoms with Crippen LogP contribution >= 0.6 is 0 Å². The van der Waals surface area contributed by atoms with Crippen molar-refractivity contribution in [1.29, 1.82) is 0 Å². The van der Waals surface area contributed by atoms with Gasteiger partial charge in [-0.05, 0) is 66.6 Å². The van der Waals surface area contributed by atoms with E-state index in [-0.39, 0.29) is 23.4 Å². The maximum absolute atomic E-state index is 13.4. The van der Waals surface area contributed by atoms with Crippen molar-refractivity contribution < 1.29 is 28.6 Å². The lowest BCUT2D eigenvalue weighted by Gasteiger charge is -2.26. The van der Waals surface area contributed by atoms with Gasteiger partial charge in [0.15, 0.2) is 0 Å². The average molecular weight is 461 g/mol. The molecular weight excluding hydrogens is 437 g/mol. The molecule has 0 aliphatic carbocycles. The quantitative estimate of drug-likeness (QED) is 0.309. The van der Waals surface area contributed by atoms with E-state index in [1.54, 1.807) is 43.5 Å². The van der Waals surface area contributed by atoms with E-state index in [4.69, 9.17) is 9.47 Å². The number of ether oxygens (including phenoxy) is 2. The number of amides is 1. The van der Waals surface area contributed by atoms with Gasteiger partial charge in [0.1, 0.15) is 23.1 Å². The summed E-state index contributed by atoms with van der Waals surface area (Å²) < 4.78 is 24.2. The van der Waals surface area contributed by atoms with E-state index in [1.165, 1.54) is 29.2 Å². The van der Waals surface area contributed by atoms with Crippen LogP contribution in [0.3, 0.4) is 0 Å². The first-order chi connectivity index (χ1) is 16.4. The molecule has 4 rings (SSSR count). The van der Waals surface area contributed by atoms with Crippen LogP contribution < -0.4 is 9.47 Å². The highest BCUT2D eigenvalue weighted by Crippen LogP contribution is 2.41. The number of ketones is 1. The van der Waals surface area contributed by atoms with Crippen molar-refractivity contribution in [2.24, 2.45) is 0 Å². The lowest BCUT2D eigenvalue weighted by molar-refractivity contribution is -0.140. The molecule has 174 valence electrons. The van der Waals surface area contributed by atoms with Crippen LogP contribution in [0, 0.1) is 5.82 Å². The third-order valence-electron chi connectivity index (χ3n) is 5.65. The minimum absolute atomic E-state index is 0.0567. The van der Waals surface area contributed by atoms with Crippen LogP contribution in [0.4, 0.5) is 4.39 Å². The van der Waals surface area contributed by atoms with E-state index in [9.17, 15) is 19.1 Å². The molecule has 3 aromatic rings. The van der Waals surface area contributed by atoms with Crippen molar-refractivity contribution in [3.8, 4) is 11.5 Å². The molecule has 1 N–H and O–H groups in total. The second-order valence-corrected chi connectivity index (χ2v) is 7.79. The Morgan fingerprint density at radius 2 is 1.71 bits per heavy atom. The number of methoxy groups -OCH3 is 1. The Morgan fingerprint density at radius 1 is 1.00 bits per heavy atom. The van der Waals surface area contributed by atoms with Crippen LogP contribution in [0.25, 0.3) is 5.76 Å². The predicted octanol–water partition coefficient (Wildman–Crippen LogP) is 4.85. The molecule has 1 heterocycles. The number of aliphatic hydroxyl groups excluding tert-OH is 1. The van der Waals surface area contributed by atoms with Gasteiger partial charge in [-0.3, -0.25) is 9.59 Å². The van der Waals surface area contributed by atoms with Crippen molar-refractivity contribution in [1.82, 2.24) is 4.90 Å². The van der Waals surface area contributed by atoms with Crippen molar-refractivity contribution in [3.63, 3.8) is 0 Å². The molecule has 3 aromatic carbocycles. The zero-order valence-corrected chi connectivity index (χ0v) is 18.8. The van der Waals surface area contributed by atoms with Gasteiger partial charge in [0.05, 0.1) is 25.3 Å². The number of halogens is 1. The number of aliphatic hydroxyl groups is 1. The minimum Gasteiger partial charge on any atom is -0.507 e. The van der Waals surface area contributed by atoms with Crippen molar-refractivity contribution in [3.05, 3.63) is 101 Å². The second kappa shape index (κ2) is 9.79. The first-order valence-corrected chi connectivity index (χ1v) is 10.8. The molecule has 1 unspecified atom stereocenters. The molecule has 1 aliphatic heterocycles. The van der Waals surface area contributed by atoms with Gasteiger partial charge in [-0.1, -0.05) is 24.3 Å². The fourth-order valence-corrected chi connectivity index (χ4v) is 4.02. The molecule has 1 saturated heterocycles. The number of nitrogens with zero attached hydrogens (tertiary/aromatic N) is 1. The van der Waals surface area contributed by atoms with Crippen LogP contribution in [0.5, 0.6) is 11.5 Å². The van der Waals surface area contributed by atoms with E-state index in [1.807, 2.05) is 19.1 Å². The standard InChI is InChI=1S/C27H24FNO5/c1-3-34-22-6-4-5-19(15-22)24-23(25(30)18-9-11-20(28)12-10-18)26(31)27(32)29(24)16-17-7-13-21(33-2)14-8-17/h4-15,24,30H,3,16H2,1-2H3/b25-23-. The van der Waals surface area contributed by atoms with Crippen LogP contribution in [-0.2, 0) is 16.1 Å². The molecule has 1 fully saturated rings. The van der Waals surface area contributed by atoms with Crippen molar-refractivity contribution in [2.45, 2.75) is 19.5 Å². The Labute approximate surface area is 196 Å². The van der Waals surface area contributed by atoms with Crippen LogP contribution in [0.15, 0.2) is 78.4 Å². The highest BCUT2D eigenvalue weighted by Gasteiger charge is 2.46. The number of Topliss-reactive ketones (excluding diaryl/α,β-unsaturated/α-hetero) is 1. The third-order valence-corrected chi connectivity index (χ3v) is 5.65. The largest absolute Gasteiger partial charge is 0.507 e. The predicted molar refractivity (Wildman–Crippen MR) is 125 cm³/mol. The second-order valence-electron chi connectivity index (χ2n) is 7.79. The monoisotopic (exact) mass is 461 g/mol. The zero-order chi connectivity index (χ0) is 24.2. The first kappa shape index (κ1) is 23.0. The number of rotatable bonds is 7. The average Bonchev–Trinajstić information content (AvgIpc) is 3.10. The van der Waals surface area contributed by atoms with Gasteiger partial charge in [0.25, 0.3) is 11.7 Å². The fraction of sp³-hybridized carbons (Fsp3) is 0.185. The number of benzene rings is 3. The SMILES string of the molecule is CCOc1cccc(C2/C(=C(/O)c3ccc(F)cc3)C(=O)C(=O)N2Cc2ccc(OC)cc2)c1. The van der Waals surface area contributed by atoms with Gasteiger partial charge in [-0.15, -0.1) is 0 Å². The lowest BCUT2D eigenvalue weighted by atomic mass is 9.95. The van der Waals surface area contributed by atoms with E-state index >= 15 is 0 Å². The molecule has 0 saturated carbocycles.